The Hall–Kier alpha value is -1.12. The maximum atomic E-state index is 9.30. The molecule has 0 aliphatic rings. The second-order valence-corrected chi connectivity index (χ2v) is 4.20. The highest BCUT2D eigenvalue weighted by atomic mass is 16.3. The van der Waals surface area contributed by atoms with Crippen LogP contribution in [0.2, 0.25) is 0 Å². The van der Waals surface area contributed by atoms with Gasteiger partial charge in [0.25, 0.3) is 0 Å². The van der Waals surface area contributed by atoms with Crippen molar-refractivity contribution in [1.82, 2.24) is 4.57 Å². The van der Waals surface area contributed by atoms with E-state index in [2.05, 4.69) is 0 Å². The minimum Gasteiger partial charge on any atom is -0.494 e. The summed E-state index contributed by atoms with van der Waals surface area (Å²) in [6.45, 7) is 6.75. The van der Waals surface area contributed by atoms with Crippen molar-refractivity contribution in [2.24, 2.45) is 5.41 Å². The summed E-state index contributed by atoms with van der Waals surface area (Å²) < 4.78 is 1.49. The highest BCUT2D eigenvalue weighted by molar-refractivity contribution is 5.23. The number of aromatic hydroxyl groups is 2. The van der Waals surface area contributed by atoms with E-state index in [4.69, 9.17) is 0 Å². The van der Waals surface area contributed by atoms with E-state index in [-0.39, 0.29) is 17.2 Å². The fraction of sp³-hybridized carbons (Fsp3) is 0.556. The van der Waals surface area contributed by atoms with Crippen LogP contribution in [-0.2, 0) is 6.54 Å². The van der Waals surface area contributed by atoms with E-state index in [1.54, 1.807) is 0 Å². The Labute approximate surface area is 72.3 Å². The average Bonchev–Trinajstić information content (AvgIpc) is 2.16. The molecule has 1 aromatic heterocycles. The smallest absolute Gasteiger partial charge is 0.193 e. The lowest BCUT2D eigenvalue weighted by Crippen LogP contribution is -2.14. The van der Waals surface area contributed by atoms with Crippen molar-refractivity contribution in [1.29, 1.82) is 0 Å². The van der Waals surface area contributed by atoms with Crippen LogP contribution in [0.5, 0.6) is 11.8 Å². The molecule has 2 N–H and O–H groups in total. The molecular weight excluding hydrogens is 154 g/mol. The van der Waals surface area contributed by atoms with E-state index in [0.29, 0.717) is 6.54 Å². The van der Waals surface area contributed by atoms with Crippen LogP contribution in [0.25, 0.3) is 0 Å². The summed E-state index contributed by atoms with van der Waals surface area (Å²) in [6, 6.07) is 2.97. The van der Waals surface area contributed by atoms with Gasteiger partial charge in [0.15, 0.2) is 11.8 Å². The molecule has 1 aromatic rings. The van der Waals surface area contributed by atoms with Gasteiger partial charge in [-0.1, -0.05) is 20.8 Å². The Balaban J connectivity index is 2.88. The van der Waals surface area contributed by atoms with Crippen LogP contribution in [0, 0.1) is 5.41 Å². The summed E-state index contributed by atoms with van der Waals surface area (Å²) in [6.07, 6.45) is 0. The van der Waals surface area contributed by atoms with E-state index >= 15 is 0 Å². The maximum Gasteiger partial charge on any atom is 0.193 e. The van der Waals surface area contributed by atoms with Gasteiger partial charge in [0.05, 0.1) is 0 Å². The molecule has 0 aromatic carbocycles. The van der Waals surface area contributed by atoms with Crippen LogP contribution in [0.1, 0.15) is 20.8 Å². The molecule has 3 heteroatoms. The Bertz CT molecular complexity index is 251. The van der Waals surface area contributed by atoms with Gasteiger partial charge in [-0.15, -0.1) is 0 Å². The SMILES string of the molecule is CC(C)(C)Cn1c(O)ccc1O. The molecule has 0 atom stereocenters. The monoisotopic (exact) mass is 169 g/mol. The van der Waals surface area contributed by atoms with Crippen molar-refractivity contribution in [3.63, 3.8) is 0 Å². The molecule has 1 rings (SSSR count). The van der Waals surface area contributed by atoms with Crippen LogP contribution in [0.3, 0.4) is 0 Å². The Morgan fingerprint density at radius 1 is 1.17 bits per heavy atom. The van der Waals surface area contributed by atoms with Crippen molar-refractivity contribution in [2.75, 3.05) is 0 Å². The number of nitrogens with zero attached hydrogens (tertiary/aromatic N) is 1. The molecule has 3 nitrogen and oxygen atoms in total. The third-order valence-corrected chi connectivity index (χ3v) is 1.57. The molecule has 0 aliphatic carbocycles. The van der Waals surface area contributed by atoms with Gasteiger partial charge < -0.3 is 10.2 Å². The predicted molar refractivity (Wildman–Crippen MR) is 47.2 cm³/mol. The molecule has 0 bridgehead atoms. The Morgan fingerprint density at radius 2 is 1.58 bits per heavy atom. The van der Waals surface area contributed by atoms with E-state index < -0.39 is 0 Å². The average molecular weight is 169 g/mol. The molecule has 68 valence electrons. The normalized spacial score (nSPS) is 11.9. The van der Waals surface area contributed by atoms with Gasteiger partial charge in [-0.05, 0) is 5.41 Å². The summed E-state index contributed by atoms with van der Waals surface area (Å²) in [7, 11) is 0. The standard InChI is InChI=1S/C9H15NO2/c1-9(2,3)6-10-7(11)4-5-8(10)12/h4-5,11-12H,6H2,1-3H3. The largest absolute Gasteiger partial charge is 0.494 e. The molecule has 0 aliphatic heterocycles. The molecular formula is C9H15NO2. The van der Waals surface area contributed by atoms with Gasteiger partial charge in [-0.3, -0.25) is 4.57 Å². The van der Waals surface area contributed by atoms with E-state index in [0.717, 1.165) is 0 Å². The molecule has 0 saturated heterocycles. The minimum atomic E-state index is 0.0496. The van der Waals surface area contributed by atoms with Gasteiger partial charge in [0, 0.05) is 18.7 Å². The first-order valence-corrected chi connectivity index (χ1v) is 3.97. The van der Waals surface area contributed by atoms with Crippen LogP contribution in [-0.4, -0.2) is 14.8 Å². The Morgan fingerprint density at radius 3 is 1.92 bits per heavy atom. The molecule has 0 saturated carbocycles. The zero-order chi connectivity index (χ0) is 9.35. The second kappa shape index (κ2) is 2.73. The van der Waals surface area contributed by atoms with Gasteiger partial charge in [0.1, 0.15) is 0 Å². The zero-order valence-corrected chi connectivity index (χ0v) is 7.70. The van der Waals surface area contributed by atoms with Crippen molar-refractivity contribution < 1.29 is 10.2 Å². The van der Waals surface area contributed by atoms with E-state index in [1.807, 2.05) is 20.8 Å². The van der Waals surface area contributed by atoms with Crippen LogP contribution in [0.15, 0.2) is 12.1 Å². The highest BCUT2D eigenvalue weighted by Crippen LogP contribution is 2.26. The lowest BCUT2D eigenvalue weighted by Gasteiger charge is -2.19. The lowest BCUT2D eigenvalue weighted by molar-refractivity contribution is 0.285. The molecule has 0 amide bonds. The third-order valence-electron chi connectivity index (χ3n) is 1.57. The van der Waals surface area contributed by atoms with Crippen molar-refractivity contribution in [3.8, 4) is 11.8 Å². The van der Waals surface area contributed by atoms with Crippen molar-refractivity contribution in [2.45, 2.75) is 27.3 Å². The molecule has 0 radical (unpaired) electrons. The fourth-order valence-corrected chi connectivity index (χ4v) is 1.08. The van der Waals surface area contributed by atoms with Gasteiger partial charge in [-0.25, -0.2) is 0 Å². The van der Waals surface area contributed by atoms with Crippen molar-refractivity contribution >= 4 is 0 Å². The van der Waals surface area contributed by atoms with Gasteiger partial charge in [-0.2, -0.15) is 0 Å². The van der Waals surface area contributed by atoms with Crippen LogP contribution in [0.4, 0.5) is 0 Å². The second-order valence-electron chi connectivity index (χ2n) is 4.20. The fourth-order valence-electron chi connectivity index (χ4n) is 1.08. The molecule has 0 spiro atoms. The lowest BCUT2D eigenvalue weighted by atomic mass is 9.97. The predicted octanol–water partition coefficient (Wildman–Crippen LogP) is 1.95. The molecule has 1 heterocycles. The quantitative estimate of drug-likeness (QED) is 0.674. The summed E-state index contributed by atoms with van der Waals surface area (Å²) in [5.41, 5.74) is 0.0496. The van der Waals surface area contributed by atoms with Gasteiger partial charge in [0.2, 0.25) is 0 Å². The number of hydrogen-bond donors (Lipinski definition) is 2. The number of rotatable bonds is 1. The highest BCUT2D eigenvalue weighted by Gasteiger charge is 2.15. The summed E-state index contributed by atoms with van der Waals surface area (Å²) in [5, 5.41) is 18.6. The summed E-state index contributed by atoms with van der Waals surface area (Å²) >= 11 is 0. The number of hydrogen-bond acceptors (Lipinski definition) is 2. The minimum absolute atomic E-state index is 0.0496. The first-order chi connectivity index (χ1) is 5.40. The topological polar surface area (TPSA) is 45.4 Å². The van der Waals surface area contributed by atoms with Crippen molar-refractivity contribution in [3.05, 3.63) is 12.1 Å². The summed E-state index contributed by atoms with van der Waals surface area (Å²) in [4.78, 5) is 0. The molecule has 12 heavy (non-hydrogen) atoms. The summed E-state index contributed by atoms with van der Waals surface area (Å²) in [5.74, 6) is 0.227. The van der Waals surface area contributed by atoms with E-state index in [9.17, 15) is 10.2 Å². The van der Waals surface area contributed by atoms with E-state index in [1.165, 1.54) is 16.7 Å². The zero-order valence-electron chi connectivity index (χ0n) is 7.70. The number of aromatic nitrogens is 1. The van der Waals surface area contributed by atoms with Crippen LogP contribution >= 0.6 is 0 Å². The molecule has 0 fully saturated rings. The third kappa shape index (κ3) is 1.94. The van der Waals surface area contributed by atoms with Gasteiger partial charge >= 0.3 is 0 Å². The first kappa shape index (κ1) is 8.97. The maximum absolute atomic E-state index is 9.30. The van der Waals surface area contributed by atoms with Crippen LogP contribution < -0.4 is 0 Å². The molecule has 0 unspecified atom stereocenters. The Kier molecular flexibility index (Phi) is 2.04. The first-order valence-electron chi connectivity index (χ1n) is 3.97.